The Morgan fingerprint density at radius 3 is 2.42 bits per heavy atom. The second-order valence-electron chi connectivity index (χ2n) is 3.76. The van der Waals surface area contributed by atoms with Crippen molar-refractivity contribution in [1.29, 1.82) is 0 Å². The summed E-state index contributed by atoms with van der Waals surface area (Å²) in [5, 5.41) is 12.0. The van der Waals surface area contributed by atoms with Crippen LogP contribution in [0.25, 0.3) is 0 Å². The van der Waals surface area contributed by atoms with Crippen molar-refractivity contribution < 1.29 is 10.0 Å². The summed E-state index contributed by atoms with van der Waals surface area (Å²) in [6.45, 7) is 0. The number of hydrogen-bond donors (Lipinski definition) is 1. The average molecular weight is 167 g/mol. The molecule has 0 saturated heterocycles. The van der Waals surface area contributed by atoms with Crippen molar-refractivity contribution in [2.24, 2.45) is 10.6 Å². The van der Waals surface area contributed by atoms with E-state index in [0.717, 1.165) is 37.8 Å². The highest BCUT2D eigenvalue weighted by atomic mass is 16.4. The van der Waals surface area contributed by atoms with Crippen LogP contribution in [0.3, 0.4) is 0 Å². The molecule has 2 rings (SSSR count). The van der Waals surface area contributed by atoms with Gasteiger partial charge in [-0.05, 0) is 32.1 Å². The Morgan fingerprint density at radius 1 is 1.25 bits per heavy atom. The Bertz CT molecular complexity index is 243. The molecule has 0 aromatic carbocycles. The van der Waals surface area contributed by atoms with Gasteiger partial charge in [-0.2, -0.15) is 0 Å². The van der Waals surface area contributed by atoms with Gasteiger partial charge in [0.1, 0.15) is 5.78 Å². The van der Waals surface area contributed by atoms with Crippen molar-refractivity contribution in [2.45, 2.75) is 38.5 Å². The first-order valence-corrected chi connectivity index (χ1v) is 4.54. The summed E-state index contributed by atoms with van der Waals surface area (Å²) in [6.07, 6.45) is 5.28. The highest BCUT2D eigenvalue weighted by Gasteiger charge is 2.48. The first-order valence-electron chi connectivity index (χ1n) is 4.54. The van der Waals surface area contributed by atoms with Gasteiger partial charge in [-0.25, -0.2) is 0 Å². The van der Waals surface area contributed by atoms with Crippen molar-refractivity contribution >= 4 is 11.5 Å². The zero-order valence-electron chi connectivity index (χ0n) is 7.05. The molecule has 0 aromatic rings. The fraction of sp³-hybridized carbons (Fsp3) is 0.778. The number of oxime groups is 1. The molecule has 0 radical (unpaired) electrons. The zero-order valence-corrected chi connectivity index (χ0v) is 7.05. The molecule has 1 spiro atoms. The Labute approximate surface area is 71.5 Å². The third-order valence-electron chi connectivity index (χ3n) is 3.23. The molecule has 2 aliphatic rings. The van der Waals surface area contributed by atoms with Crippen LogP contribution in [-0.2, 0) is 4.79 Å². The highest BCUT2D eigenvalue weighted by Crippen LogP contribution is 2.46. The van der Waals surface area contributed by atoms with Crippen LogP contribution in [0.4, 0.5) is 0 Å². The van der Waals surface area contributed by atoms with Gasteiger partial charge in [-0.15, -0.1) is 0 Å². The Morgan fingerprint density at radius 2 is 1.92 bits per heavy atom. The molecule has 1 N–H and O–H groups in total. The maximum Gasteiger partial charge on any atom is 0.144 e. The van der Waals surface area contributed by atoms with E-state index >= 15 is 0 Å². The van der Waals surface area contributed by atoms with Gasteiger partial charge in [0.15, 0.2) is 0 Å². The van der Waals surface area contributed by atoms with Crippen molar-refractivity contribution in [1.82, 2.24) is 0 Å². The van der Waals surface area contributed by atoms with Gasteiger partial charge in [-0.1, -0.05) is 5.16 Å². The molecule has 0 amide bonds. The topological polar surface area (TPSA) is 49.7 Å². The van der Waals surface area contributed by atoms with Gasteiger partial charge in [0.25, 0.3) is 0 Å². The van der Waals surface area contributed by atoms with Crippen LogP contribution in [0.1, 0.15) is 38.5 Å². The summed E-state index contributed by atoms with van der Waals surface area (Å²) in [5.41, 5.74) is 0.416. The molecule has 66 valence electrons. The van der Waals surface area contributed by atoms with E-state index in [0.29, 0.717) is 12.2 Å². The summed E-state index contributed by atoms with van der Waals surface area (Å²) in [7, 11) is 0. The minimum atomic E-state index is -0.325. The minimum absolute atomic E-state index is 0.299. The lowest BCUT2D eigenvalue weighted by Crippen LogP contribution is -2.30. The number of nitrogens with zero attached hydrogens (tertiary/aromatic N) is 1. The summed E-state index contributed by atoms with van der Waals surface area (Å²) >= 11 is 0. The average Bonchev–Trinajstić information content (AvgIpc) is 2.62. The van der Waals surface area contributed by atoms with Gasteiger partial charge in [0.2, 0.25) is 0 Å². The quantitative estimate of drug-likeness (QED) is 0.441. The van der Waals surface area contributed by atoms with Crippen LogP contribution in [0, 0.1) is 5.41 Å². The van der Waals surface area contributed by atoms with E-state index in [1.54, 1.807) is 0 Å². The molecular weight excluding hydrogens is 154 g/mol. The smallest absolute Gasteiger partial charge is 0.144 e. The van der Waals surface area contributed by atoms with E-state index in [4.69, 9.17) is 5.21 Å². The standard InChI is InChI=1S/C9H13NO2/c11-8-4-2-6-9(8)5-1-3-7(9)10-12/h12H,1-6H2/b10-7+/t9-/m0/s1. The van der Waals surface area contributed by atoms with E-state index in [2.05, 4.69) is 5.16 Å². The highest BCUT2D eigenvalue weighted by molar-refractivity contribution is 6.11. The Kier molecular flexibility index (Phi) is 1.67. The van der Waals surface area contributed by atoms with Gasteiger partial charge in [0, 0.05) is 6.42 Å². The number of ketones is 1. The van der Waals surface area contributed by atoms with E-state index in [1.807, 2.05) is 0 Å². The van der Waals surface area contributed by atoms with Crippen LogP contribution < -0.4 is 0 Å². The second kappa shape index (κ2) is 2.57. The minimum Gasteiger partial charge on any atom is -0.411 e. The third kappa shape index (κ3) is 0.822. The fourth-order valence-electron chi connectivity index (χ4n) is 2.59. The zero-order chi connectivity index (χ0) is 8.60. The summed E-state index contributed by atoms with van der Waals surface area (Å²) in [4.78, 5) is 11.6. The van der Waals surface area contributed by atoms with E-state index < -0.39 is 0 Å². The van der Waals surface area contributed by atoms with Crippen LogP contribution >= 0.6 is 0 Å². The lowest BCUT2D eigenvalue weighted by atomic mass is 9.82. The van der Waals surface area contributed by atoms with Crippen molar-refractivity contribution in [3.63, 3.8) is 0 Å². The molecule has 2 fully saturated rings. The van der Waals surface area contributed by atoms with Crippen molar-refractivity contribution in [2.75, 3.05) is 0 Å². The van der Waals surface area contributed by atoms with Gasteiger partial charge in [-0.3, -0.25) is 4.79 Å². The molecule has 3 heteroatoms. The molecule has 0 heterocycles. The molecular formula is C9H13NO2. The van der Waals surface area contributed by atoms with Crippen LogP contribution in [0.2, 0.25) is 0 Å². The summed E-state index contributed by atoms with van der Waals surface area (Å²) in [5.74, 6) is 0.299. The first kappa shape index (κ1) is 7.77. The molecule has 3 nitrogen and oxygen atoms in total. The van der Waals surface area contributed by atoms with E-state index in [9.17, 15) is 4.79 Å². The van der Waals surface area contributed by atoms with Crippen molar-refractivity contribution in [3.05, 3.63) is 0 Å². The predicted molar refractivity (Wildman–Crippen MR) is 44.4 cm³/mol. The number of rotatable bonds is 0. The molecule has 1 atom stereocenters. The van der Waals surface area contributed by atoms with Crippen LogP contribution in [0.5, 0.6) is 0 Å². The number of Topliss-reactive ketones (excluding diaryl/α,β-unsaturated/α-hetero) is 1. The molecule has 12 heavy (non-hydrogen) atoms. The summed E-state index contributed by atoms with van der Waals surface area (Å²) in [6, 6.07) is 0. The first-order chi connectivity index (χ1) is 5.79. The summed E-state index contributed by atoms with van der Waals surface area (Å²) < 4.78 is 0. The largest absolute Gasteiger partial charge is 0.411 e. The van der Waals surface area contributed by atoms with E-state index in [1.165, 1.54) is 0 Å². The second-order valence-corrected chi connectivity index (χ2v) is 3.76. The normalized spacial score (nSPS) is 38.7. The SMILES string of the molecule is O=C1CCC[C@]12CCC/C2=N\O. The maximum atomic E-state index is 11.6. The molecule has 0 aliphatic heterocycles. The maximum absolute atomic E-state index is 11.6. The van der Waals surface area contributed by atoms with Gasteiger partial charge >= 0.3 is 0 Å². The Hall–Kier alpha value is -0.860. The van der Waals surface area contributed by atoms with E-state index in [-0.39, 0.29) is 5.41 Å². The molecule has 0 aromatic heterocycles. The van der Waals surface area contributed by atoms with Crippen LogP contribution in [0.15, 0.2) is 5.16 Å². The van der Waals surface area contributed by atoms with Crippen LogP contribution in [-0.4, -0.2) is 16.7 Å². The monoisotopic (exact) mass is 167 g/mol. The number of carbonyl (C=O) groups excluding carboxylic acids is 1. The van der Waals surface area contributed by atoms with Crippen molar-refractivity contribution in [3.8, 4) is 0 Å². The molecule has 0 unspecified atom stereocenters. The lowest BCUT2D eigenvalue weighted by molar-refractivity contribution is -0.122. The molecule has 2 aliphatic carbocycles. The van der Waals surface area contributed by atoms with Gasteiger partial charge < -0.3 is 5.21 Å². The molecule has 0 bridgehead atoms. The predicted octanol–water partition coefficient (Wildman–Crippen LogP) is 1.74. The van der Waals surface area contributed by atoms with Gasteiger partial charge in [0.05, 0.1) is 11.1 Å². The third-order valence-corrected chi connectivity index (χ3v) is 3.23. The number of carbonyl (C=O) groups is 1. The molecule has 2 saturated carbocycles. The lowest BCUT2D eigenvalue weighted by Gasteiger charge is -2.20. The number of hydrogen-bond acceptors (Lipinski definition) is 3. The fourth-order valence-corrected chi connectivity index (χ4v) is 2.59. The Balaban J connectivity index is 2.35.